The molecule has 4 heteroatoms. The number of hydrogen-bond donors (Lipinski definition) is 1. The highest BCUT2D eigenvalue weighted by atomic mass is 19.1. The van der Waals surface area contributed by atoms with Crippen LogP contribution in [0, 0.1) is 5.82 Å². The van der Waals surface area contributed by atoms with E-state index in [1.807, 2.05) is 20.2 Å². The molecule has 0 unspecified atom stereocenters. The van der Waals surface area contributed by atoms with Gasteiger partial charge in [0, 0.05) is 25.9 Å². The van der Waals surface area contributed by atoms with Crippen LogP contribution >= 0.6 is 0 Å². The molecule has 0 atom stereocenters. The van der Waals surface area contributed by atoms with Gasteiger partial charge >= 0.3 is 0 Å². The molecule has 2 aromatic rings. The van der Waals surface area contributed by atoms with Crippen LogP contribution < -0.4 is 4.90 Å². The maximum atomic E-state index is 13.6. The van der Waals surface area contributed by atoms with E-state index in [1.54, 1.807) is 23.4 Å². The molecule has 0 amide bonds. The molecule has 0 aliphatic carbocycles. The van der Waals surface area contributed by atoms with Crippen LogP contribution in [-0.4, -0.2) is 24.3 Å². The van der Waals surface area contributed by atoms with E-state index in [2.05, 4.69) is 10.2 Å². The molecule has 3 nitrogen and oxygen atoms in total. The third-order valence-electron chi connectivity index (χ3n) is 2.26. The number of aromatic amines is 1. The van der Waals surface area contributed by atoms with E-state index in [4.69, 9.17) is 0 Å². The van der Waals surface area contributed by atoms with Crippen LogP contribution in [-0.2, 0) is 0 Å². The van der Waals surface area contributed by atoms with Crippen LogP contribution in [0.15, 0.2) is 30.6 Å². The normalized spacial score (nSPS) is 10.3. The van der Waals surface area contributed by atoms with Crippen molar-refractivity contribution in [3.8, 4) is 11.1 Å². The molecular formula is C11H12FN3. The summed E-state index contributed by atoms with van der Waals surface area (Å²) in [4.78, 5) is 1.74. The number of aromatic nitrogens is 2. The van der Waals surface area contributed by atoms with Gasteiger partial charge in [-0.3, -0.25) is 5.10 Å². The van der Waals surface area contributed by atoms with Gasteiger partial charge in [0.05, 0.1) is 11.9 Å². The Kier molecular flexibility index (Phi) is 2.41. The number of benzene rings is 1. The molecule has 1 aromatic heterocycles. The molecule has 0 aliphatic rings. The second-order valence-electron chi connectivity index (χ2n) is 3.55. The Balaban J connectivity index is 2.42. The summed E-state index contributed by atoms with van der Waals surface area (Å²) in [6, 6.07) is 5.15. The molecule has 0 saturated heterocycles. The van der Waals surface area contributed by atoms with Crippen molar-refractivity contribution < 1.29 is 4.39 Å². The lowest BCUT2D eigenvalue weighted by Crippen LogP contribution is -2.10. The number of hydrogen-bond acceptors (Lipinski definition) is 2. The van der Waals surface area contributed by atoms with Gasteiger partial charge in [0.25, 0.3) is 0 Å². The van der Waals surface area contributed by atoms with Gasteiger partial charge in [0.15, 0.2) is 0 Å². The Hall–Kier alpha value is -1.84. The van der Waals surface area contributed by atoms with Crippen molar-refractivity contribution in [2.75, 3.05) is 19.0 Å². The zero-order chi connectivity index (χ0) is 10.8. The van der Waals surface area contributed by atoms with Crippen LogP contribution in [0.5, 0.6) is 0 Å². The van der Waals surface area contributed by atoms with Gasteiger partial charge < -0.3 is 4.90 Å². The molecule has 0 bridgehead atoms. The molecule has 0 radical (unpaired) electrons. The minimum Gasteiger partial charge on any atom is -0.375 e. The van der Waals surface area contributed by atoms with E-state index < -0.39 is 0 Å². The fourth-order valence-corrected chi connectivity index (χ4v) is 1.46. The van der Waals surface area contributed by atoms with Crippen LogP contribution in [0.2, 0.25) is 0 Å². The monoisotopic (exact) mass is 205 g/mol. The van der Waals surface area contributed by atoms with Gasteiger partial charge in [-0.25, -0.2) is 4.39 Å². The highest BCUT2D eigenvalue weighted by Gasteiger charge is 2.06. The summed E-state index contributed by atoms with van der Waals surface area (Å²) in [5.74, 6) is -0.223. The van der Waals surface area contributed by atoms with Gasteiger partial charge in [-0.2, -0.15) is 5.10 Å². The van der Waals surface area contributed by atoms with E-state index in [-0.39, 0.29) is 5.82 Å². The van der Waals surface area contributed by atoms with Crippen LogP contribution in [0.1, 0.15) is 0 Å². The quantitative estimate of drug-likeness (QED) is 0.815. The Labute approximate surface area is 87.5 Å². The minimum absolute atomic E-state index is 0.223. The number of rotatable bonds is 2. The molecule has 78 valence electrons. The number of nitrogens with zero attached hydrogens (tertiary/aromatic N) is 2. The average Bonchev–Trinajstić information content (AvgIpc) is 2.69. The first-order valence-corrected chi connectivity index (χ1v) is 4.64. The second kappa shape index (κ2) is 3.73. The smallest absolute Gasteiger partial charge is 0.147 e. The fourth-order valence-electron chi connectivity index (χ4n) is 1.46. The van der Waals surface area contributed by atoms with Gasteiger partial charge in [-0.1, -0.05) is 6.07 Å². The summed E-state index contributed by atoms with van der Waals surface area (Å²) in [5.41, 5.74) is 2.30. The molecule has 0 spiro atoms. The van der Waals surface area contributed by atoms with Crippen LogP contribution in [0.25, 0.3) is 11.1 Å². The van der Waals surface area contributed by atoms with E-state index in [0.717, 1.165) is 11.1 Å². The van der Waals surface area contributed by atoms with Crippen molar-refractivity contribution in [3.63, 3.8) is 0 Å². The summed E-state index contributed by atoms with van der Waals surface area (Å²) in [6.45, 7) is 0. The van der Waals surface area contributed by atoms with E-state index in [0.29, 0.717) is 5.69 Å². The predicted molar refractivity (Wildman–Crippen MR) is 58.3 cm³/mol. The third kappa shape index (κ3) is 1.83. The first-order chi connectivity index (χ1) is 7.18. The first-order valence-electron chi connectivity index (χ1n) is 4.64. The summed E-state index contributed by atoms with van der Waals surface area (Å²) in [7, 11) is 3.63. The van der Waals surface area contributed by atoms with Gasteiger partial charge in [-0.15, -0.1) is 0 Å². The van der Waals surface area contributed by atoms with Gasteiger partial charge in [-0.05, 0) is 17.7 Å². The van der Waals surface area contributed by atoms with Crippen LogP contribution in [0.4, 0.5) is 10.1 Å². The topological polar surface area (TPSA) is 31.9 Å². The summed E-state index contributed by atoms with van der Waals surface area (Å²) < 4.78 is 13.6. The number of halogens is 1. The lowest BCUT2D eigenvalue weighted by molar-refractivity contribution is 0.626. The maximum Gasteiger partial charge on any atom is 0.147 e. The van der Waals surface area contributed by atoms with Gasteiger partial charge in [0.2, 0.25) is 0 Å². The van der Waals surface area contributed by atoms with Crippen molar-refractivity contribution >= 4 is 5.69 Å². The van der Waals surface area contributed by atoms with Crippen LogP contribution in [0.3, 0.4) is 0 Å². The lowest BCUT2D eigenvalue weighted by Gasteiger charge is -2.13. The van der Waals surface area contributed by atoms with Gasteiger partial charge in [0.1, 0.15) is 5.82 Å². The molecule has 0 fully saturated rings. The number of nitrogens with one attached hydrogen (secondary N) is 1. The highest BCUT2D eigenvalue weighted by Crippen LogP contribution is 2.24. The summed E-state index contributed by atoms with van der Waals surface area (Å²) in [5, 5.41) is 6.53. The largest absolute Gasteiger partial charge is 0.375 e. The van der Waals surface area contributed by atoms with Crippen molar-refractivity contribution in [2.45, 2.75) is 0 Å². The Morgan fingerprint density at radius 3 is 2.60 bits per heavy atom. The maximum absolute atomic E-state index is 13.6. The Bertz CT molecular complexity index is 449. The zero-order valence-corrected chi connectivity index (χ0v) is 8.66. The van der Waals surface area contributed by atoms with Crippen molar-refractivity contribution in [3.05, 3.63) is 36.4 Å². The summed E-state index contributed by atoms with van der Waals surface area (Å²) in [6.07, 6.45) is 3.41. The SMILES string of the molecule is CN(C)c1ccc(-c2cn[nH]c2)cc1F. The average molecular weight is 205 g/mol. The standard InChI is InChI=1S/C11H12FN3/c1-15(2)11-4-3-8(5-10(11)12)9-6-13-14-7-9/h3-7H,1-2H3,(H,13,14). The predicted octanol–water partition coefficient (Wildman–Crippen LogP) is 2.28. The Morgan fingerprint density at radius 1 is 1.27 bits per heavy atom. The molecule has 15 heavy (non-hydrogen) atoms. The zero-order valence-electron chi connectivity index (χ0n) is 8.66. The lowest BCUT2D eigenvalue weighted by atomic mass is 10.1. The van der Waals surface area contributed by atoms with Crippen molar-refractivity contribution in [1.29, 1.82) is 0 Å². The van der Waals surface area contributed by atoms with E-state index in [1.165, 1.54) is 6.07 Å². The molecular weight excluding hydrogens is 193 g/mol. The third-order valence-corrected chi connectivity index (χ3v) is 2.26. The molecule has 2 rings (SSSR count). The Morgan fingerprint density at radius 2 is 2.07 bits per heavy atom. The molecule has 0 saturated carbocycles. The second-order valence-corrected chi connectivity index (χ2v) is 3.55. The highest BCUT2D eigenvalue weighted by molar-refractivity contribution is 5.65. The number of anilines is 1. The van der Waals surface area contributed by atoms with Crippen molar-refractivity contribution in [1.82, 2.24) is 10.2 Å². The summed E-state index contributed by atoms with van der Waals surface area (Å²) >= 11 is 0. The molecule has 1 aromatic carbocycles. The minimum atomic E-state index is -0.223. The van der Waals surface area contributed by atoms with Crippen molar-refractivity contribution in [2.24, 2.45) is 0 Å². The fraction of sp³-hybridized carbons (Fsp3) is 0.182. The molecule has 1 N–H and O–H groups in total. The van der Waals surface area contributed by atoms with E-state index in [9.17, 15) is 4.39 Å². The first kappa shape index (κ1) is 9.71. The number of H-pyrrole nitrogens is 1. The molecule has 1 heterocycles. The van der Waals surface area contributed by atoms with E-state index >= 15 is 0 Å². The molecule has 0 aliphatic heterocycles.